The van der Waals surface area contributed by atoms with Gasteiger partial charge in [0.25, 0.3) is 0 Å². The SMILES string of the molecule is CC(C)(C)[C@@H]1NC(=O)OCCCCCCCc2cccnc2O[C@H]2C[C@@H](C(=O)O)N(C2)C1=O. The zero-order valence-corrected chi connectivity index (χ0v) is 19.7. The minimum Gasteiger partial charge on any atom is -0.480 e. The van der Waals surface area contributed by atoms with E-state index in [1.54, 1.807) is 6.20 Å². The summed E-state index contributed by atoms with van der Waals surface area (Å²) in [5.74, 6) is -1.06. The topological polar surface area (TPSA) is 118 Å². The highest BCUT2D eigenvalue weighted by Gasteiger charge is 2.46. The molecule has 2 N–H and O–H groups in total. The Kier molecular flexibility index (Phi) is 8.15. The van der Waals surface area contributed by atoms with E-state index < -0.39 is 41.6 Å². The van der Waals surface area contributed by atoms with Gasteiger partial charge in [0.2, 0.25) is 11.8 Å². The Labute approximate surface area is 194 Å². The van der Waals surface area contributed by atoms with Gasteiger partial charge in [0.05, 0.1) is 13.2 Å². The van der Waals surface area contributed by atoms with Crippen molar-refractivity contribution in [1.29, 1.82) is 0 Å². The van der Waals surface area contributed by atoms with Crippen LogP contribution in [0.2, 0.25) is 0 Å². The van der Waals surface area contributed by atoms with Crippen LogP contribution in [-0.2, 0) is 20.7 Å². The fourth-order valence-electron chi connectivity index (χ4n) is 4.33. The summed E-state index contributed by atoms with van der Waals surface area (Å²) in [5.41, 5.74) is 0.339. The average Bonchev–Trinajstić information content (AvgIpc) is 3.17. The Hall–Kier alpha value is -2.84. The maximum atomic E-state index is 13.5. The number of carbonyl (C=O) groups excluding carboxylic acids is 2. The number of nitrogens with one attached hydrogen (secondary N) is 1. The van der Waals surface area contributed by atoms with E-state index in [0.29, 0.717) is 5.88 Å². The third-order valence-electron chi connectivity index (χ3n) is 6.16. The van der Waals surface area contributed by atoms with Crippen LogP contribution in [-0.4, -0.2) is 64.3 Å². The molecule has 2 aliphatic rings. The van der Waals surface area contributed by atoms with Crippen LogP contribution in [0.5, 0.6) is 5.88 Å². The summed E-state index contributed by atoms with van der Waals surface area (Å²) in [4.78, 5) is 43.5. The highest BCUT2D eigenvalue weighted by atomic mass is 16.5. The molecule has 0 saturated carbocycles. The van der Waals surface area contributed by atoms with Crippen molar-refractivity contribution < 1.29 is 29.0 Å². The molecule has 33 heavy (non-hydrogen) atoms. The molecule has 3 rings (SSSR count). The third kappa shape index (κ3) is 6.58. The largest absolute Gasteiger partial charge is 0.480 e. The molecule has 1 aromatic rings. The van der Waals surface area contributed by atoms with Crippen molar-refractivity contribution in [3.8, 4) is 5.88 Å². The Morgan fingerprint density at radius 2 is 1.91 bits per heavy atom. The number of carbonyl (C=O) groups is 3. The summed E-state index contributed by atoms with van der Waals surface area (Å²) >= 11 is 0. The second kappa shape index (κ2) is 10.9. The molecule has 2 amide bonds. The van der Waals surface area contributed by atoms with Gasteiger partial charge in [0, 0.05) is 18.2 Å². The number of aromatic nitrogens is 1. The predicted octanol–water partition coefficient (Wildman–Crippen LogP) is 3.16. The molecule has 9 nitrogen and oxygen atoms in total. The zero-order chi connectivity index (χ0) is 24.0. The number of carboxylic acids is 1. The van der Waals surface area contributed by atoms with Crippen molar-refractivity contribution >= 4 is 18.0 Å². The van der Waals surface area contributed by atoms with Crippen molar-refractivity contribution in [3.05, 3.63) is 23.9 Å². The number of carboxylic acid groups (broad SMARTS) is 1. The number of cyclic esters (lactones) is 1. The number of aliphatic carboxylic acids is 1. The maximum absolute atomic E-state index is 13.5. The van der Waals surface area contributed by atoms with Gasteiger partial charge >= 0.3 is 12.1 Å². The summed E-state index contributed by atoms with van der Waals surface area (Å²) in [5, 5.41) is 12.5. The third-order valence-corrected chi connectivity index (χ3v) is 6.16. The normalized spacial score (nSPS) is 25.7. The molecule has 0 radical (unpaired) electrons. The molecule has 1 aromatic heterocycles. The van der Waals surface area contributed by atoms with Gasteiger partial charge in [0.1, 0.15) is 18.2 Å². The fraction of sp³-hybridized carbons (Fsp3) is 0.667. The number of amides is 2. The molecule has 1 saturated heterocycles. The van der Waals surface area contributed by atoms with Crippen LogP contribution in [0.15, 0.2) is 18.3 Å². The van der Waals surface area contributed by atoms with E-state index in [1.807, 2.05) is 32.9 Å². The predicted molar refractivity (Wildman–Crippen MR) is 121 cm³/mol. The number of alkyl carbamates (subject to hydrolysis) is 1. The number of pyridine rings is 1. The fourth-order valence-corrected chi connectivity index (χ4v) is 4.33. The van der Waals surface area contributed by atoms with Gasteiger partial charge in [-0.2, -0.15) is 0 Å². The molecule has 0 aliphatic carbocycles. The minimum absolute atomic E-state index is 0.106. The van der Waals surface area contributed by atoms with Crippen LogP contribution in [0.1, 0.15) is 64.9 Å². The van der Waals surface area contributed by atoms with Crippen LogP contribution in [0.3, 0.4) is 0 Å². The second-order valence-electron chi connectivity index (χ2n) is 9.88. The van der Waals surface area contributed by atoms with E-state index >= 15 is 0 Å². The first-order valence-electron chi connectivity index (χ1n) is 11.7. The lowest BCUT2D eigenvalue weighted by molar-refractivity contribution is -0.150. The van der Waals surface area contributed by atoms with E-state index in [2.05, 4.69) is 10.3 Å². The van der Waals surface area contributed by atoms with Crippen LogP contribution in [0, 0.1) is 5.41 Å². The number of ether oxygens (including phenoxy) is 2. The van der Waals surface area contributed by atoms with Crippen LogP contribution >= 0.6 is 0 Å². The van der Waals surface area contributed by atoms with Gasteiger partial charge in [-0.1, -0.05) is 46.1 Å². The first kappa shape index (κ1) is 24.8. The standard InChI is InChI=1S/C24H35N3O6/c1-24(2,3)19-21(28)27-15-17(14-18(27)22(29)30)33-20-16(11-9-12-25-20)10-7-5-4-6-8-13-32-23(31)26-19/h9,11-12,17-19H,4-8,10,13-15H2,1-3H3,(H,26,31)(H,29,30)/t17-,18-,19+/m0/s1. The van der Waals surface area contributed by atoms with Crippen molar-refractivity contribution in [2.24, 2.45) is 5.41 Å². The maximum Gasteiger partial charge on any atom is 0.407 e. The molecular weight excluding hydrogens is 426 g/mol. The molecular formula is C24H35N3O6. The number of rotatable bonds is 1. The van der Waals surface area contributed by atoms with Gasteiger partial charge in [-0.15, -0.1) is 0 Å². The summed E-state index contributed by atoms with van der Waals surface area (Å²) in [6.07, 6.45) is 6.19. The highest BCUT2D eigenvalue weighted by Crippen LogP contribution is 2.29. The van der Waals surface area contributed by atoms with Gasteiger partial charge in [-0.05, 0) is 30.7 Å². The van der Waals surface area contributed by atoms with Crippen LogP contribution < -0.4 is 10.1 Å². The number of fused-ring (bicyclic) bond motifs is 3. The van der Waals surface area contributed by atoms with E-state index in [9.17, 15) is 19.5 Å². The molecule has 9 heteroatoms. The Balaban J connectivity index is 1.87. The Bertz CT molecular complexity index is 853. The van der Waals surface area contributed by atoms with Gasteiger partial charge in [-0.3, -0.25) is 4.79 Å². The second-order valence-corrected chi connectivity index (χ2v) is 9.88. The number of nitrogens with zero attached hydrogens (tertiary/aromatic N) is 2. The van der Waals surface area contributed by atoms with E-state index in [4.69, 9.17) is 9.47 Å². The lowest BCUT2D eigenvalue weighted by atomic mass is 9.85. The molecule has 2 aliphatic heterocycles. The lowest BCUT2D eigenvalue weighted by Crippen LogP contribution is -2.57. The van der Waals surface area contributed by atoms with Crippen molar-refractivity contribution in [2.75, 3.05) is 13.2 Å². The van der Waals surface area contributed by atoms with Gasteiger partial charge < -0.3 is 24.8 Å². The molecule has 182 valence electrons. The van der Waals surface area contributed by atoms with Crippen molar-refractivity contribution in [3.63, 3.8) is 0 Å². The van der Waals surface area contributed by atoms with E-state index in [-0.39, 0.29) is 19.6 Å². The molecule has 0 spiro atoms. The zero-order valence-electron chi connectivity index (χ0n) is 19.7. The summed E-state index contributed by atoms with van der Waals surface area (Å²) < 4.78 is 11.4. The highest BCUT2D eigenvalue weighted by molar-refractivity contribution is 5.90. The quantitative estimate of drug-likeness (QED) is 0.659. The molecule has 0 unspecified atom stereocenters. The van der Waals surface area contributed by atoms with Crippen molar-refractivity contribution in [2.45, 2.75) is 83.9 Å². The van der Waals surface area contributed by atoms with Crippen LogP contribution in [0.4, 0.5) is 4.79 Å². The van der Waals surface area contributed by atoms with Gasteiger partial charge in [0.15, 0.2) is 0 Å². The molecule has 0 aromatic carbocycles. The number of aryl methyl sites for hydroxylation is 1. The minimum atomic E-state index is -1.10. The molecule has 3 atom stereocenters. The number of hydrogen-bond donors (Lipinski definition) is 2. The van der Waals surface area contributed by atoms with E-state index in [1.165, 1.54) is 4.90 Å². The first-order chi connectivity index (χ1) is 15.7. The monoisotopic (exact) mass is 461 g/mol. The van der Waals surface area contributed by atoms with Crippen molar-refractivity contribution in [1.82, 2.24) is 15.2 Å². The Morgan fingerprint density at radius 3 is 2.64 bits per heavy atom. The summed E-state index contributed by atoms with van der Waals surface area (Å²) in [6, 6.07) is 1.87. The average molecular weight is 462 g/mol. The summed E-state index contributed by atoms with van der Waals surface area (Å²) in [6.45, 7) is 5.85. The Morgan fingerprint density at radius 1 is 1.18 bits per heavy atom. The van der Waals surface area contributed by atoms with Crippen LogP contribution in [0.25, 0.3) is 0 Å². The number of hydrogen-bond acceptors (Lipinski definition) is 6. The first-order valence-corrected chi connectivity index (χ1v) is 11.7. The molecule has 1 fully saturated rings. The molecule has 3 heterocycles. The summed E-state index contributed by atoms with van der Waals surface area (Å²) in [7, 11) is 0. The van der Waals surface area contributed by atoms with Gasteiger partial charge in [-0.25, -0.2) is 14.6 Å². The lowest BCUT2D eigenvalue weighted by Gasteiger charge is -2.34. The molecule has 2 bridgehead atoms. The smallest absolute Gasteiger partial charge is 0.407 e. The van der Waals surface area contributed by atoms with E-state index in [0.717, 1.165) is 44.1 Å².